The van der Waals surface area contributed by atoms with Crippen LogP contribution in [-0.2, 0) is 4.79 Å². The predicted octanol–water partition coefficient (Wildman–Crippen LogP) is 4.55. The lowest BCUT2D eigenvalue weighted by Crippen LogP contribution is -2.42. The van der Waals surface area contributed by atoms with Crippen molar-refractivity contribution in [3.8, 4) is 0 Å². The van der Waals surface area contributed by atoms with Crippen LogP contribution in [0.25, 0.3) is 0 Å². The van der Waals surface area contributed by atoms with E-state index in [1.54, 1.807) is 11.8 Å². The molecule has 2 aliphatic heterocycles. The highest BCUT2D eigenvalue weighted by molar-refractivity contribution is 7.99. The molecule has 2 aromatic carbocycles. The van der Waals surface area contributed by atoms with Gasteiger partial charge in [0.25, 0.3) is 0 Å². The number of anilines is 2. The van der Waals surface area contributed by atoms with Gasteiger partial charge in [-0.25, -0.2) is 0 Å². The summed E-state index contributed by atoms with van der Waals surface area (Å²) in [5.41, 5.74) is 2.02. The lowest BCUT2D eigenvalue weighted by Gasteiger charge is -2.34. The van der Waals surface area contributed by atoms with Crippen LogP contribution in [0, 0.1) is 5.92 Å². The summed E-state index contributed by atoms with van der Waals surface area (Å²) >= 11 is 1.74. The first-order valence-corrected chi connectivity index (χ1v) is 9.45. The fraction of sp³-hybridized carbons (Fsp3) is 0.350. The summed E-state index contributed by atoms with van der Waals surface area (Å²) in [5.74, 6) is 0.953. The van der Waals surface area contributed by atoms with Crippen LogP contribution in [0.15, 0.2) is 58.3 Å². The van der Waals surface area contributed by atoms with E-state index in [9.17, 15) is 4.79 Å². The maximum absolute atomic E-state index is 13.1. The molecule has 2 heterocycles. The highest BCUT2D eigenvalue weighted by atomic mass is 32.2. The van der Waals surface area contributed by atoms with Crippen LogP contribution in [0.5, 0.6) is 0 Å². The molecule has 0 unspecified atom stereocenters. The average Bonchev–Trinajstić information content (AvgIpc) is 2.61. The van der Waals surface area contributed by atoms with E-state index in [1.165, 1.54) is 12.8 Å². The molecule has 2 aromatic rings. The van der Waals surface area contributed by atoms with Crippen molar-refractivity contribution in [2.24, 2.45) is 5.92 Å². The molecule has 0 aromatic heterocycles. The van der Waals surface area contributed by atoms with Gasteiger partial charge >= 0.3 is 0 Å². The van der Waals surface area contributed by atoms with Crippen molar-refractivity contribution in [1.29, 1.82) is 0 Å². The molecular weight excluding hydrogens is 316 g/mol. The SMILES string of the molecule is CC1CCN(CC(=O)N2c3ccccc3Sc3ccccc32)CC1. The Bertz CT molecular complexity index is 707. The topological polar surface area (TPSA) is 23.6 Å². The van der Waals surface area contributed by atoms with Gasteiger partial charge < -0.3 is 0 Å². The zero-order valence-electron chi connectivity index (χ0n) is 13.9. The summed E-state index contributed by atoms with van der Waals surface area (Å²) in [7, 11) is 0. The van der Waals surface area contributed by atoms with Gasteiger partial charge in [-0.2, -0.15) is 0 Å². The van der Waals surface area contributed by atoms with Gasteiger partial charge in [0, 0.05) is 9.79 Å². The number of amides is 1. The Kier molecular flexibility index (Phi) is 4.33. The zero-order chi connectivity index (χ0) is 16.5. The number of nitrogens with zero attached hydrogens (tertiary/aromatic N) is 2. The second-order valence-corrected chi connectivity index (χ2v) is 7.81. The molecule has 24 heavy (non-hydrogen) atoms. The number of carbonyl (C=O) groups excluding carboxylic acids is 1. The Morgan fingerprint density at radius 1 is 1.00 bits per heavy atom. The Balaban J connectivity index is 1.63. The predicted molar refractivity (Wildman–Crippen MR) is 99.0 cm³/mol. The molecule has 3 nitrogen and oxygen atoms in total. The van der Waals surface area contributed by atoms with E-state index in [4.69, 9.17) is 0 Å². The van der Waals surface area contributed by atoms with Crippen molar-refractivity contribution in [2.75, 3.05) is 24.5 Å². The van der Waals surface area contributed by atoms with Gasteiger partial charge in [-0.3, -0.25) is 14.6 Å². The van der Waals surface area contributed by atoms with Crippen LogP contribution < -0.4 is 4.90 Å². The number of fused-ring (bicyclic) bond motifs is 2. The number of hydrogen-bond donors (Lipinski definition) is 0. The van der Waals surface area contributed by atoms with Gasteiger partial charge in [0.1, 0.15) is 0 Å². The summed E-state index contributed by atoms with van der Waals surface area (Å²) in [6, 6.07) is 16.4. The highest BCUT2D eigenvalue weighted by Gasteiger charge is 2.29. The van der Waals surface area contributed by atoms with Crippen molar-refractivity contribution in [3.05, 3.63) is 48.5 Å². The minimum atomic E-state index is 0.171. The van der Waals surface area contributed by atoms with Crippen molar-refractivity contribution in [1.82, 2.24) is 4.90 Å². The van der Waals surface area contributed by atoms with E-state index in [1.807, 2.05) is 29.2 Å². The van der Waals surface area contributed by atoms with Crippen LogP contribution in [0.1, 0.15) is 19.8 Å². The van der Waals surface area contributed by atoms with E-state index < -0.39 is 0 Å². The molecule has 2 aliphatic rings. The number of carbonyl (C=O) groups is 1. The molecule has 1 amide bonds. The van der Waals surface area contributed by atoms with Crippen molar-refractivity contribution >= 4 is 29.0 Å². The second-order valence-electron chi connectivity index (χ2n) is 6.73. The fourth-order valence-corrected chi connectivity index (χ4v) is 4.51. The minimum absolute atomic E-state index is 0.171. The quantitative estimate of drug-likeness (QED) is 0.803. The molecule has 0 bridgehead atoms. The lowest BCUT2D eigenvalue weighted by molar-refractivity contribution is -0.119. The standard InChI is InChI=1S/C20H22N2OS/c1-15-10-12-21(13-11-15)14-20(23)22-16-6-2-4-8-18(16)24-19-9-5-3-7-17(19)22/h2-9,15H,10-14H2,1H3. The smallest absolute Gasteiger partial charge is 0.245 e. The van der Waals surface area contributed by atoms with E-state index >= 15 is 0 Å². The van der Waals surface area contributed by atoms with Crippen LogP contribution in [0.3, 0.4) is 0 Å². The number of benzene rings is 2. The minimum Gasteiger partial charge on any atom is -0.294 e. The molecule has 4 heteroatoms. The van der Waals surface area contributed by atoms with Crippen LogP contribution in [0.2, 0.25) is 0 Å². The number of rotatable bonds is 2. The number of hydrogen-bond acceptors (Lipinski definition) is 3. The molecule has 1 fully saturated rings. The molecule has 0 atom stereocenters. The molecule has 0 radical (unpaired) electrons. The fourth-order valence-electron chi connectivity index (χ4n) is 3.46. The van der Waals surface area contributed by atoms with Crippen LogP contribution in [-0.4, -0.2) is 30.4 Å². The summed E-state index contributed by atoms with van der Waals surface area (Å²) < 4.78 is 0. The number of para-hydroxylation sites is 2. The van der Waals surface area contributed by atoms with Crippen LogP contribution in [0.4, 0.5) is 11.4 Å². The summed E-state index contributed by atoms with van der Waals surface area (Å²) in [6.45, 7) is 4.85. The molecule has 1 saturated heterocycles. The first kappa shape index (κ1) is 15.7. The maximum atomic E-state index is 13.1. The molecule has 4 rings (SSSR count). The third-order valence-electron chi connectivity index (χ3n) is 4.92. The zero-order valence-corrected chi connectivity index (χ0v) is 14.8. The van der Waals surface area contributed by atoms with Crippen molar-refractivity contribution in [3.63, 3.8) is 0 Å². The second kappa shape index (κ2) is 6.61. The van der Waals surface area contributed by atoms with Gasteiger partial charge in [0.05, 0.1) is 17.9 Å². The third kappa shape index (κ3) is 2.96. The highest BCUT2D eigenvalue weighted by Crippen LogP contribution is 2.47. The van der Waals surface area contributed by atoms with E-state index in [0.29, 0.717) is 6.54 Å². The average molecular weight is 338 g/mol. The third-order valence-corrected chi connectivity index (χ3v) is 6.05. The van der Waals surface area contributed by atoms with Gasteiger partial charge in [-0.15, -0.1) is 0 Å². The van der Waals surface area contributed by atoms with E-state index in [-0.39, 0.29) is 5.91 Å². The Morgan fingerprint density at radius 3 is 2.12 bits per heavy atom. The largest absolute Gasteiger partial charge is 0.294 e. The Labute approximate surface area is 147 Å². The molecule has 0 saturated carbocycles. The number of piperidine rings is 1. The Morgan fingerprint density at radius 2 is 1.54 bits per heavy atom. The van der Waals surface area contributed by atoms with E-state index in [0.717, 1.165) is 40.2 Å². The van der Waals surface area contributed by atoms with E-state index in [2.05, 4.69) is 36.1 Å². The summed E-state index contributed by atoms with van der Waals surface area (Å²) in [6.07, 6.45) is 2.38. The molecule has 0 aliphatic carbocycles. The molecule has 124 valence electrons. The van der Waals surface area contributed by atoms with Gasteiger partial charge in [0.2, 0.25) is 5.91 Å². The van der Waals surface area contributed by atoms with Gasteiger partial charge in [-0.1, -0.05) is 43.0 Å². The summed E-state index contributed by atoms with van der Waals surface area (Å²) in [4.78, 5) is 19.7. The normalized spacial score (nSPS) is 18.1. The van der Waals surface area contributed by atoms with Crippen molar-refractivity contribution in [2.45, 2.75) is 29.6 Å². The summed E-state index contributed by atoms with van der Waals surface area (Å²) in [5, 5.41) is 0. The molecular formula is C20H22N2OS. The maximum Gasteiger partial charge on any atom is 0.245 e. The first-order chi connectivity index (χ1) is 11.7. The van der Waals surface area contributed by atoms with Crippen LogP contribution >= 0.6 is 11.8 Å². The number of likely N-dealkylation sites (tertiary alicyclic amines) is 1. The first-order valence-electron chi connectivity index (χ1n) is 8.63. The lowest BCUT2D eigenvalue weighted by atomic mass is 9.99. The Hall–Kier alpha value is -1.78. The molecule has 0 N–H and O–H groups in total. The van der Waals surface area contributed by atoms with Gasteiger partial charge in [0.15, 0.2) is 0 Å². The van der Waals surface area contributed by atoms with Crippen molar-refractivity contribution < 1.29 is 4.79 Å². The monoisotopic (exact) mass is 338 g/mol. The van der Waals surface area contributed by atoms with Gasteiger partial charge in [-0.05, 0) is 56.1 Å². The molecule has 0 spiro atoms.